The SMILES string of the molecule is CCOC(=O)C1=C(CN2CCN(C(=O)c3ccc(F)cc3)[C@@H](C)C2)N(C)C(=O)N[C@@H]1c1cccc(Cl)c1Cl. The third-order valence-electron chi connectivity index (χ3n) is 6.80. The summed E-state index contributed by atoms with van der Waals surface area (Å²) in [5.41, 5.74) is 1.67. The van der Waals surface area contributed by atoms with Gasteiger partial charge in [0.05, 0.1) is 28.3 Å². The molecular weight excluding hydrogens is 534 g/mol. The number of rotatable bonds is 6. The quantitative estimate of drug-likeness (QED) is 0.524. The van der Waals surface area contributed by atoms with Gasteiger partial charge in [-0.25, -0.2) is 14.0 Å². The molecule has 0 saturated carbocycles. The Kier molecular flexibility index (Phi) is 8.60. The minimum absolute atomic E-state index is 0.157. The highest BCUT2D eigenvalue weighted by molar-refractivity contribution is 6.42. The summed E-state index contributed by atoms with van der Waals surface area (Å²) >= 11 is 12.7. The second kappa shape index (κ2) is 11.7. The molecule has 3 amide bonds. The van der Waals surface area contributed by atoms with Gasteiger partial charge in [0.2, 0.25) is 0 Å². The number of nitrogens with zero attached hydrogens (tertiary/aromatic N) is 3. The lowest BCUT2D eigenvalue weighted by Crippen LogP contribution is -2.56. The minimum Gasteiger partial charge on any atom is -0.463 e. The topological polar surface area (TPSA) is 82.2 Å². The number of piperazine rings is 1. The van der Waals surface area contributed by atoms with Crippen LogP contribution in [0.4, 0.5) is 9.18 Å². The van der Waals surface area contributed by atoms with E-state index < -0.39 is 23.9 Å². The predicted octanol–water partition coefficient (Wildman–Crippen LogP) is 4.49. The van der Waals surface area contributed by atoms with Crippen LogP contribution in [0.1, 0.15) is 35.8 Å². The van der Waals surface area contributed by atoms with Gasteiger partial charge in [-0.2, -0.15) is 0 Å². The van der Waals surface area contributed by atoms with Crippen LogP contribution in [0.15, 0.2) is 53.7 Å². The van der Waals surface area contributed by atoms with Crippen molar-refractivity contribution >= 4 is 41.1 Å². The lowest BCUT2D eigenvalue weighted by Gasteiger charge is -2.42. The molecule has 11 heteroatoms. The van der Waals surface area contributed by atoms with E-state index in [4.69, 9.17) is 27.9 Å². The zero-order chi connectivity index (χ0) is 27.6. The Morgan fingerprint density at radius 1 is 1.13 bits per heavy atom. The maximum absolute atomic E-state index is 13.3. The van der Waals surface area contributed by atoms with Gasteiger partial charge < -0.3 is 15.0 Å². The third kappa shape index (κ3) is 5.65. The van der Waals surface area contributed by atoms with E-state index in [0.29, 0.717) is 41.5 Å². The molecule has 0 spiro atoms. The first kappa shape index (κ1) is 27.9. The number of halogens is 3. The number of benzene rings is 2. The lowest BCUT2D eigenvalue weighted by molar-refractivity contribution is -0.139. The van der Waals surface area contributed by atoms with Gasteiger partial charge in [0.25, 0.3) is 5.91 Å². The Bertz CT molecular complexity index is 1270. The molecule has 0 unspecified atom stereocenters. The zero-order valence-corrected chi connectivity index (χ0v) is 22.9. The van der Waals surface area contributed by atoms with E-state index in [0.717, 1.165) is 0 Å². The van der Waals surface area contributed by atoms with Crippen molar-refractivity contribution in [3.05, 3.63) is 80.7 Å². The molecule has 0 aliphatic carbocycles. The molecule has 2 aliphatic heterocycles. The van der Waals surface area contributed by atoms with Crippen molar-refractivity contribution in [1.29, 1.82) is 0 Å². The molecule has 2 heterocycles. The summed E-state index contributed by atoms with van der Waals surface area (Å²) in [5.74, 6) is -1.13. The van der Waals surface area contributed by atoms with E-state index >= 15 is 0 Å². The summed E-state index contributed by atoms with van der Waals surface area (Å²) < 4.78 is 18.7. The Morgan fingerprint density at radius 2 is 1.84 bits per heavy atom. The normalized spacial score (nSPS) is 20.4. The van der Waals surface area contributed by atoms with Gasteiger partial charge in [0.1, 0.15) is 5.82 Å². The average Bonchev–Trinajstić information content (AvgIpc) is 2.88. The molecule has 38 heavy (non-hydrogen) atoms. The first-order valence-electron chi connectivity index (χ1n) is 12.3. The fourth-order valence-corrected chi connectivity index (χ4v) is 5.24. The number of hydrogen-bond donors (Lipinski definition) is 1. The van der Waals surface area contributed by atoms with Gasteiger partial charge in [0, 0.05) is 50.5 Å². The van der Waals surface area contributed by atoms with E-state index in [1.54, 1.807) is 37.1 Å². The van der Waals surface area contributed by atoms with E-state index in [1.165, 1.54) is 29.2 Å². The highest BCUT2D eigenvalue weighted by atomic mass is 35.5. The fraction of sp³-hybridized carbons (Fsp3) is 0.370. The maximum atomic E-state index is 13.3. The number of nitrogens with one attached hydrogen (secondary N) is 1. The van der Waals surface area contributed by atoms with Crippen LogP contribution < -0.4 is 5.32 Å². The monoisotopic (exact) mass is 562 g/mol. The van der Waals surface area contributed by atoms with Gasteiger partial charge in [-0.05, 0) is 49.7 Å². The molecule has 2 aromatic rings. The first-order chi connectivity index (χ1) is 18.1. The second-order valence-electron chi connectivity index (χ2n) is 9.25. The molecule has 4 rings (SSSR count). The number of likely N-dealkylation sites (N-methyl/N-ethyl adjacent to an activating group) is 1. The van der Waals surface area contributed by atoms with Crippen LogP contribution in [-0.2, 0) is 9.53 Å². The lowest BCUT2D eigenvalue weighted by atomic mass is 9.94. The smallest absolute Gasteiger partial charge is 0.338 e. The van der Waals surface area contributed by atoms with Crippen molar-refractivity contribution in [3.63, 3.8) is 0 Å². The number of amides is 3. The van der Waals surface area contributed by atoms with Crippen molar-refractivity contribution in [2.45, 2.75) is 25.9 Å². The minimum atomic E-state index is -0.849. The van der Waals surface area contributed by atoms with Crippen LogP contribution >= 0.6 is 23.2 Å². The number of esters is 1. The van der Waals surface area contributed by atoms with Crippen molar-refractivity contribution < 1.29 is 23.5 Å². The summed E-state index contributed by atoms with van der Waals surface area (Å²) in [4.78, 5) is 44.5. The van der Waals surface area contributed by atoms with E-state index in [2.05, 4.69) is 10.2 Å². The van der Waals surface area contributed by atoms with Gasteiger partial charge in [-0.3, -0.25) is 14.6 Å². The Hall–Kier alpha value is -3.14. The van der Waals surface area contributed by atoms with Crippen molar-refractivity contribution in [2.75, 3.05) is 39.8 Å². The second-order valence-corrected chi connectivity index (χ2v) is 10.0. The molecule has 0 bridgehead atoms. The highest BCUT2D eigenvalue weighted by Gasteiger charge is 2.39. The fourth-order valence-electron chi connectivity index (χ4n) is 4.82. The van der Waals surface area contributed by atoms with Crippen LogP contribution in [-0.4, -0.2) is 78.5 Å². The third-order valence-corrected chi connectivity index (χ3v) is 7.64. The molecule has 202 valence electrons. The molecule has 0 aromatic heterocycles. The largest absolute Gasteiger partial charge is 0.463 e. The number of hydrogen-bond acceptors (Lipinski definition) is 5. The van der Waals surface area contributed by atoms with Gasteiger partial charge >= 0.3 is 12.0 Å². The number of urea groups is 1. The van der Waals surface area contributed by atoms with Gasteiger partial charge in [-0.1, -0.05) is 35.3 Å². The molecule has 1 fully saturated rings. The summed E-state index contributed by atoms with van der Waals surface area (Å²) in [6, 6.07) is 9.13. The Balaban J connectivity index is 1.62. The van der Waals surface area contributed by atoms with Crippen LogP contribution in [0.3, 0.4) is 0 Å². The number of ether oxygens (including phenoxy) is 1. The van der Waals surface area contributed by atoms with E-state index in [1.807, 2.05) is 6.92 Å². The summed E-state index contributed by atoms with van der Waals surface area (Å²) in [6.45, 7) is 5.52. The van der Waals surface area contributed by atoms with Crippen LogP contribution in [0.25, 0.3) is 0 Å². The van der Waals surface area contributed by atoms with E-state index in [-0.39, 0.29) is 35.7 Å². The standard InChI is InChI=1S/C27H29Cl2FN4O4/c1-4-38-26(36)22-21(32(3)27(37)31-24(22)19-6-5-7-20(28)23(19)29)15-33-12-13-34(16(2)14-33)25(35)17-8-10-18(30)11-9-17/h5-11,16,24H,4,12-15H2,1-3H3,(H,31,37)/t16-,24+/m0/s1. The summed E-state index contributed by atoms with van der Waals surface area (Å²) in [7, 11) is 1.59. The molecule has 2 atom stereocenters. The zero-order valence-electron chi connectivity index (χ0n) is 21.3. The summed E-state index contributed by atoms with van der Waals surface area (Å²) in [6.07, 6.45) is 0. The molecule has 8 nitrogen and oxygen atoms in total. The average molecular weight is 563 g/mol. The molecule has 2 aliphatic rings. The maximum Gasteiger partial charge on any atom is 0.338 e. The molecule has 1 N–H and O–H groups in total. The van der Waals surface area contributed by atoms with Crippen molar-refractivity contribution in [2.24, 2.45) is 0 Å². The van der Waals surface area contributed by atoms with Gasteiger partial charge in [-0.15, -0.1) is 0 Å². The molecule has 0 radical (unpaired) electrons. The molecular formula is C27H29Cl2FN4O4. The van der Waals surface area contributed by atoms with Crippen LogP contribution in [0.2, 0.25) is 10.0 Å². The summed E-state index contributed by atoms with van der Waals surface area (Å²) in [5, 5.41) is 3.39. The van der Waals surface area contributed by atoms with Gasteiger partial charge in [0.15, 0.2) is 0 Å². The predicted molar refractivity (Wildman–Crippen MR) is 142 cm³/mol. The Morgan fingerprint density at radius 3 is 2.50 bits per heavy atom. The number of carbonyl (C=O) groups is 3. The van der Waals surface area contributed by atoms with E-state index in [9.17, 15) is 18.8 Å². The first-order valence-corrected chi connectivity index (χ1v) is 13.0. The Labute approximate surface area is 230 Å². The number of carbonyl (C=O) groups excluding carboxylic acids is 3. The highest BCUT2D eigenvalue weighted by Crippen LogP contribution is 2.37. The van der Waals surface area contributed by atoms with Crippen LogP contribution in [0.5, 0.6) is 0 Å². The van der Waals surface area contributed by atoms with Crippen molar-refractivity contribution in [3.8, 4) is 0 Å². The van der Waals surface area contributed by atoms with Crippen molar-refractivity contribution in [1.82, 2.24) is 20.0 Å². The molecule has 1 saturated heterocycles. The van der Waals surface area contributed by atoms with Crippen LogP contribution in [0, 0.1) is 5.82 Å². The molecule has 2 aromatic carbocycles.